The van der Waals surface area contributed by atoms with Crippen LogP contribution in [0.4, 0.5) is 10.8 Å². The molecule has 0 aliphatic heterocycles. The zero-order valence-electron chi connectivity index (χ0n) is 8.09. The van der Waals surface area contributed by atoms with E-state index >= 15 is 0 Å². The maximum Gasteiger partial charge on any atom is 0.142 e. The molecule has 1 heterocycles. The van der Waals surface area contributed by atoms with Crippen molar-refractivity contribution >= 4 is 22.4 Å². The number of rotatable bonds is 3. The first-order valence-corrected chi connectivity index (χ1v) is 4.84. The summed E-state index contributed by atoms with van der Waals surface area (Å²) in [6, 6.07) is 0. The van der Waals surface area contributed by atoms with Crippen LogP contribution in [0.1, 0.15) is 19.4 Å². The van der Waals surface area contributed by atoms with Crippen LogP contribution in [0.5, 0.6) is 0 Å². The van der Waals surface area contributed by atoms with Crippen LogP contribution in [0.25, 0.3) is 0 Å². The largest absolute Gasteiger partial charge is 0.394 e. The van der Waals surface area contributed by atoms with Crippen molar-refractivity contribution in [1.29, 1.82) is 0 Å². The molecule has 4 N–H and O–H groups in total. The second kappa shape index (κ2) is 3.51. The maximum absolute atomic E-state index is 9.04. The van der Waals surface area contributed by atoms with Crippen LogP contribution >= 0.6 is 11.5 Å². The molecule has 0 aliphatic carbocycles. The maximum atomic E-state index is 9.04. The lowest BCUT2D eigenvalue weighted by Crippen LogP contribution is -2.34. The average molecular weight is 201 g/mol. The first kappa shape index (κ1) is 10.3. The summed E-state index contributed by atoms with van der Waals surface area (Å²) in [5, 5.41) is 13.2. The van der Waals surface area contributed by atoms with Gasteiger partial charge in [0.05, 0.1) is 12.1 Å². The molecule has 0 fully saturated rings. The Balaban J connectivity index is 2.80. The van der Waals surface area contributed by atoms with Crippen molar-refractivity contribution in [3.05, 3.63) is 5.56 Å². The number of nitrogens with two attached hydrogens (primary N) is 1. The number of nitrogen functional groups attached to an aromatic ring is 1. The van der Waals surface area contributed by atoms with Gasteiger partial charge in [0.1, 0.15) is 10.8 Å². The van der Waals surface area contributed by atoms with Gasteiger partial charge < -0.3 is 16.2 Å². The minimum atomic E-state index is -0.330. The molecule has 0 amide bonds. The molecule has 0 unspecified atom stereocenters. The third-order valence-electron chi connectivity index (χ3n) is 1.81. The summed E-state index contributed by atoms with van der Waals surface area (Å²) < 4.78 is 4.01. The predicted octanol–water partition coefficient (Wildman–Crippen LogP) is 1.22. The zero-order chi connectivity index (χ0) is 10.1. The van der Waals surface area contributed by atoms with E-state index in [1.807, 2.05) is 20.8 Å². The number of nitrogens with one attached hydrogen (secondary N) is 1. The Bertz CT molecular complexity index is 296. The second-order valence-corrected chi connectivity index (χ2v) is 4.46. The molecule has 0 saturated heterocycles. The lowest BCUT2D eigenvalue weighted by molar-refractivity contribution is 0.234. The summed E-state index contributed by atoms with van der Waals surface area (Å²) in [5.41, 5.74) is 6.22. The highest BCUT2D eigenvalue weighted by atomic mass is 32.1. The summed E-state index contributed by atoms with van der Waals surface area (Å²) in [5.74, 6) is 0.557. The summed E-state index contributed by atoms with van der Waals surface area (Å²) in [7, 11) is 0. The molecule has 1 rings (SSSR count). The highest BCUT2D eigenvalue weighted by molar-refractivity contribution is 7.10. The highest BCUT2D eigenvalue weighted by Gasteiger charge is 2.18. The number of hydrogen-bond acceptors (Lipinski definition) is 5. The highest BCUT2D eigenvalue weighted by Crippen LogP contribution is 2.27. The molecule has 0 spiro atoms. The van der Waals surface area contributed by atoms with Crippen LogP contribution in [0.3, 0.4) is 0 Å². The first-order chi connectivity index (χ1) is 5.96. The normalized spacial score (nSPS) is 11.7. The lowest BCUT2D eigenvalue weighted by atomic mass is 10.1. The molecule has 0 bridgehead atoms. The Morgan fingerprint density at radius 2 is 2.23 bits per heavy atom. The minimum Gasteiger partial charge on any atom is -0.394 e. The third kappa shape index (κ3) is 2.32. The van der Waals surface area contributed by atoms with E-state index in [0.29, 0.717) is 5.82 Å². The fraction of sp³-hybridized carbons (Fsp3) is 0.625. The minimum absolute atomic E-state index is 0.0737. The van der Waals surface area contributed by atoms with Crippen LogP contribution in [-0.4, -0.2) is 21.6 Å². The Labute approximate surface area is 81.9 Å². The third-order valence-corrected chi connectivity index (χ3v) is 2.69. The lowest BCUT2D eigenvalue weighted by Gasteiger charge is -2.23. The van der Waals surface area contributed by atoms with E-state index in [9.17, 15) is 0 Å². The van der Waals surface area contributed by atoms with Crippen LogP contribution in [0.2, 0.25) is 0 Å². The number of aromatic nitrogens is 1. The van der Waals surface area contributed by atoms with Crippen molar-refractivity contribution in [1.82, 2.24) is 4.37 Å². The average Bonchev–Trinajstić information content (AvgIpc) is 2.36. The molecule has 0 radical (unpaired) electrons. The molecule has 0 saturated carbocycles. The second-order valence-electron chi connectivity index (χ2n) is 3.69. The topological polar surface area (TPSA) is 71.2 Å². The Hall–Kier alpha value is -0.810. The number of aliphatic hydroxyl groups excluding tert-OH is 1. The van der Waals surface area contributed by atoms with E-state index in [2.05, 4.69) is 9.69 Å². The van der Waals surface area contributed by atoms with E-state index in [4.69, 9.17) is 10.8 Å². The van der Waals surface area contributed by atoms with E-state index in [0.717, 1.165) is 10.6 Å². The molecule has 0 aliphatic rings. The monoisotopic (exact) mass is 201 g/mol. The summed E-state index contributed by atoms with van der Waals surface area (Å²) in [6.45, 7) is 5.82. The van der Waals surface area contributed by atoms with Crippen molar-refractivity contribution in [3.8, 4) is 0 Å². The van der Waals surface area contributed by atoms with Gasteiger partial charge in [0.2, 0.25) is 0 Å². The molecule has 0 atom stereocenters. The first-order valence-electron chi connectivity index (χ1n) is 4.07. The molecule has 1 aromatic heterocycles. The number of aliphatic hydroxyl groups is 1. The summed E-state index contributed by atoms with van der Waals surface area (Å²) in [4.78, 5) is 0. The SMILES string of the molecule is Cc1c(N)nsc1NC(C)(C)CO. The van der Waals surface area contributed by atoms with Crippen LogP contribution in [0, 0.1) is 6.92 Å². The van der Waals surface area contributed by atoms with E-state index in [1.54, 1.807) is 0 Å². The van der Waals surface area contributed by atoms with Gasteiger partial charge in [-0.1, -0.05) is 0 Å². The van der Waals surface area contributed by atoms with Gasteiger partial charge in [0.25, 0.3) is 0 Å². The Morgan fingerprint density at radius 1 is 1.62 bits per heavy atom. The van der Waals surface area contributed by atoms with Gasteiger partial charge in [0.15, 0.2) is 0 Å². The Kier molecular flexibility index (Phi) is 2.77. The molecule has 74 valence electrons. The van der Waals surface area contributed by atoms with Crippen molar-refractivity contribution in [3.63, 3.8) is 0 Å². The molecular formula is C8H15N3OS. The van der Waals surface area contributed by atoms with Crippen molar-refractivity contribution in [2.24, 2.45) is 0 Å². The van der Waals surface area contributed by atoms with Gasteiger partial charge in [-0.25, -0.2) is 0 Å². The summed E-state index contributed by atoms with van der Waals surface area (Å²) >= 11 is 1.32. The van der Waals surface area contributed by atoms with Gasteiger partial charge in [-0.3, -0.25) is 0 Å². The van der Waals surface area contributed by atoms with E-state index in [-0.39, 0.29) is 12.1 Å². The molecule has 13 heavy (non-hydrogen) atoms. The zero-order valence-corrected chi connectivity index (χ0v) is 8.90. The fourth-order valence-electron chi connectivity index (χ4n) is 0.812. The van der Waals surface area contributed by atoms with E-state index in [1.165, 1.54) is 11.5 Å². The standard InChI is InChI=1S/C8H15N3OS/c1-5-6(9)11-13-7(5)10-8(2,3)4-12/h10,12H,4H2,1-3H3,(H2,9,11). The molecule has 5 heteroatoms. The number of hydrogen-bond donors (Lipinski definition) is 3. The molecule has 0 aromatic carbocycles. The predicted molar refractivity (Wildman–Crippen MR) is 56.1 cm³/mol. The van der Waals surface area contributed by atoms with Gasteiger partial charge in [-0.05, 0) is 32.3 Å². The van der Waals surface area contributed by atoms with Crippen LogP contribution < -0.4 is 11.1 Å². The number of nitrogens with zero attached hydrogens (tertiary/aromatic N) is 1. The smallest absolute Gasteiger partial charge is 0.142 e. The number of anilines is 2. The fourth-order valence-corrected chi connectivity index (χ4v) is 1.70. The Morgan fingerprint density at radius 3 is 2.62 bits per heavy atom. The summed E-state index contributed by atoms with van der Waals surface area (Å²) in [6.07, 6.45) is 0. The molecule has 4 nitrogen and oxygen atoms in total. The van der Waals surface area contributed by atoms with Crippen LogP contribution in [0.15, 0.2) is 0 Å². The van der Waals surface area contributed by atoms with Crippen molar-refractivity contribution in [2.45, 2.75) is 26.3 Å². The van der Waals surface area contributed by atoms with Gasteiger partial charge in [-0.2, -0.15) is 4.37 Å². The molecule has 1 aromatic rings. The quantitative estimate of drug-likeness (QED) is 0.687. The van der Waals surface area contributed by atoms with Crippen molar-refractivity contribution < 1.29 is 5.11 Å². The van der Waals surface area contributed by atoms with Crippen molar-refractivity contribution in [2.75, 3.05) is 17.7 Å². The van der Waals surface area contributed by atoms with E-state index < -0.39 is 0 Å². The van der Waals surface area contributed by atoms with Crippen LogP contribution in [-0.2, 0) is 0 Å². The van der Waals surface area contributed by atoms with Gasteiger partial charge in [0, 0.05) is 5.56 Å². The van der Waals surface area contributed by atoms with Gasteiger partial charge in [-0.15, -0.1) is 0 Å². The molecular weight excluding hydrogens is 186 g/mol. The van der Waals surface area contributed by atoms with Gasteiger partial charge >= 0.3 is 0 Å².